The van der Waals surface area contributed by atoms with Gasteiger partial charge in [0.15, 0.2) is 5.54 Å². The van der Waals surface area contributed by atoms with Gasteiger partial charge in [-0.05, 0) is 39.1 Å². The van der Waals surface area contributed by atoms with Crippen molar-refractivity contribution >= 4 is 29.2 Å². The fourth-order valence-electron chi connectivity index (χ4n) is 2.17. The third kappa shape index (κ3) is 3.07. The molecule has 0 aliphatic carbocycles. The summed E-state index contributed by atoms with van der Waals surface area (Å²) in [6, 6.07) is 3.07. The molecule has 0 unspecified atom stereocenters. The molecule has 1 aliphatic heterocycles. The number of carbonyl (C=O) groups excluding carboxylic acids is 3. The van der Waals surface area contributed by atoms with Gasteiger partial charge in [0.05, 0.1) is 0 Å². The minimum absolute atomic E-state index is 0.275. The van der Waals surface area contributed by atoms with E-state index >= 15 is 0 Å². The Kier molecular flexibility index (Phi) is 3.79. The first-order valence-corrected chi connectivity index (χ1v) is 7.50. The van der Waals surface area contributed by atoms with Gasteiger partial charge in [-0.25, -0.2) is 4.79 Å². The van der Waals surface area contributed by atoms with E-state index < -0.39 is 23.0 Å². The second kappa shape index (κ2) is 5.14. The molecular weight excluding hydrogens is 290 g/mol. The molecule has 0 spiro atoms. The van der Waals surface area contributed by atoms with Gasteiger partial charge in [-0.15, -0.1) is 11.3 Å². The number of nitrogens with one attached hydrogen (secondary N) is 2. The van der Waals surface area contributed by atoms with Gasteiger partial charge in [0.1, 0.15) is 6.54 Å². The number of carbonyl (C=O) groups is 3. The molecule has 2 heterocycles. The minimum atomic E-state index is -1.09. The maximum absolute atomic E-state index is 12.5. The van der Waals surface area contributed by atoms with Crippen LogP contribution in [-0.4, -0.2) is 34.8 Å². The Morgan fingerprint density at radius 2 is 2.10 bits per heavy atom. The van der Waals surface area contributed by atoms with E-state index in [9.17, 15) is 14.4 Å². The first-order chi connectivity index (χ1) is 9.63. The van der Waals surface area contributed by atoms with Crippen molar-refractivity contribution in [1.29, 1.82) is 0 Å². The average molecular weight is 309 g/mol. The molecule has 1 saturated heterocycles. The van der Waals surface area contributed by atoms with Gasteiger partial charge in [0.25, 0.3) is 5.91 Å². The lowest BCUT2D eigenvalue weighted by Crippen LogP contribution is -2.48. The van der Waals surface area contributed by atoms with Crippen LogP contribution in [-0.2, 0) is 15.1 Å². The lowest BCUT2D eigenvalue weighted by molar-refractivity contribution is -0.135. The van der Waals surface area contributed by atoms with Gasteiger partial charge in [0, 0.05) is 10.4 Å². The number of amides is 4. The second-order valence-corrected chi connectivity index (χ2v) is 7.17. The third-order valence-corrected chi connectivity index (χ3v) is 4.20. The van der Waals surface area contributed by atoms with E-state index in [1.54, 1.807) is 13.0 Å². The summed E-state index contributed by atoms with van der Waals surface area (Å²) in [5.41, 5.74) is -1.50. The molecule has 0 saturated carbocycles. The van der Waals surface area contributed by atoms with Crippen LogP contribution in [0.5, 0.6) is 0 Å². The van der Waals surface area contributed by atoms with Crippen LogP contribution in [0.4, 0.5) is 4.79 Å². The second-order valence-electron chi connectivity index (χ2n) is 6.22. The van der Waals surface area contributed by atoms with Crippen LogP contribution in [0.25, 0.3) is 0 Å². The highest BCUT2D eigenvalue weighted by atomic mass is 32.1. The largest absolute Gasteiger partial charge is 0.350 e. The Hall–Kier alpha value is -1.89. The van der Waals surface area contributed by atoms with Crippen LogP contribution in [0.2, 0.25) is 0 Å². The highest BCUT2D eigenvalue weighted by molar-refractivity contribution is 7.10. The molecule has 114 valence electrons. The molecule has 0 bridgehead atoms. The van der Waals surface area contributed by atoms with Gasteiger partial charge < -0.3 is 10.6 Å². The number of imide groups is 1. The highest BCUT2D eigenvalue weighted by Crippen LogP contribution is 2.31. The summed E-state index contributed by atoms with van der Waals surface area (Å²) in [6.07, 6.45) is 0. The Morgan fingerprint density at radius 3 is 2.62 bits per heavy atom. The Morgan fingerprint density at radius 1 is 1.43 bits per heavy atom. The van der Waals surface area contributed by atoms with Crippen molar-refractivity contribution in [3.05, 3.63) is 22.4 Å². The molecule has 1 aromatic heterocycles. The predicted molar refractivity (Wildman–Crippen MR) is 79.8 cm³/mol. The maximum atomic E-state index is 12.5. The fourth-order valence-corrected chi connectivity index (χ4v) is 3.01. The number of thiophene rings is 1. The summed E-state index contributed by atoms with van der Waals surface area (Å²) in [5.74, 6) is -0.763. The van der Waals surface area contributed by atoms with Gasteiger partial charge in [-0.2, -0.15) is 0 Å². The molecule has 2 N–H and O–H groups in total. The maximum Gasteiger partial charge on any atom is 0.325 e. The van der Waals surface area contributed by atoms with E-state index in [4.69, 9.17) is 0 Å². The summed E-state index contributed by atoms with van der Waals surface area (Å²) in [7, 11) is 0. The van der Waals surface area contributed by atoms with Gasteiger partial charge in [-0.1, -0.05) is 6.07 Å². The van der Waals surface area contributed by atoms with Crippen LogP contribution in [0.1, 0.15) is 32.6 Å². The molecule has 1 fully saturated rings. The summed E-state index contributed by atoms with van der Waals surface area (Å²) < 4.78 is 0. The van der Waals surface area contributed by atoms with Gasteiger partial charge in [0.2, 0.25) is 5.91 Å². The first kappa shape index (κ1) is 15.5. The van der Waals surface area contributed by atoms with Crippen LogP contribution in [0.15, 0.2) is 17.5 Å². The van der Waals surface area contributed by atoms with Crippen LogP contribution < -0.4 is 10.6 Å². The van der Waals surface area contributed by atoms with Crippen LogP contribution in [0, 0.1) is 0 Å². The smallest absolute Gasteiger partial charge is 0.325 e. The van der Waals surface area contributed by atoms with E-state index in [2.05, 4.69) is 10.6 Å². The van der Waals surface area contributed by atoms with E-state index in [0.29, 0.717) is 0 Å². The highest BCUT2D eigenvalue weighted by Gasteiger charge is 2.50. The Balaban J connectivity index is 2.14. The van der Waals surface area contributed by atoms with E-state index in [-0.39, 0.29) is 12.5 Å². The van der Waals surface area contributed by atoms with Crippen molar-refractivity contribution in [3.8, 4) is 0 Å². The molecule has 0 aromatic carbocycles. The van der Waals surface area contributed by atoms with Gasteiger partial charge in [-0.3, -0.25) is 14.5 Å². The summed E-state index contributed by atoms with van der Waals surface area (Å²) in [4.78, 5) is 38.2. The van der Waals surface area contributed by atoms with Crippen molar-refractivity contribution in [3.63, 3.8) is 0 Å². The summed E-state index contributed by atoms with van der Waals surface area (Å²) in [5, 5.41) is 7.25. The standard InChI is InChI=1S/C14H19N3O3S/c1-13(2,3)15-10(18)8-17-11(19)14(4,16-12(17)20)9-6-5-7-21-9/h5-7H,8H2,1-4H3,(H,15,18)(H,16,20)/t14-/m0/s1. The number of rotatable bonds is 3. The first-order valence-electron chi connectivity index (χ1n) is 6.62. The van der Waals surface area contributed by atoms with Crippen molar-refractivity contribution in [1.82, 2.24) is 15.5 Å². The van der Waals surface area contributed by atoms with Crippen molar-refractivity contribution in [2.24, 2.45) is 0 Å². The number of nitrogens with zero attached hydrogens (tertiary/aromatic N) is 1. The van der Waals surface area contributed by atoms with Crippen LogP contribution in [0.3, 0.4) is 0 Å². The van der Waals surface area contributed by atoms with E-state index in [0.717, 1.165) is 9.78 Å². The van der Waals surface area contributed by atoms with Crippen molar-refractivity contribution in [2.75, 3.05) is 6.54 Å². The molecule has 7 heteroatoms. The summed E-state index contributed by atoms with van der Waals surface area (Å²) in [6.45, 7) is 6.90. The lowest BCUT2D eigenvalue weighted by Gasteiger charge is -2.23. The third-order valence-electron chi connectivity index (χ3n) is 3.11. The fraction of sp³-hybridized carbons (Fsp3) is 0.500. The Labute approximate surface area is 127 Å². The predicted octanol–water partition coefficient (Wildman–Crippen LogP) is 1.43. The molecule has 1 aliphatic rings. The van der Waals surface area contributed by atoms with Crippen LogP contribution >= 0.6 is 11.3 Å². The van der Waals surface area contributed by atoms with E-state index in [1.807, 2.05) is 32.2 Å². The minimum Gasteiger partial charge on any atom is -0.350 e. The SMILES string of the molecule is CC(C)(C)NC(=O)CN1C(=O)N[C@@](C)(c2cccs2)C1=O. The quantitative estimate of drug-likeness (QED) is 0.829. The molecule has 1 atom stereocenters. The molecule has 21 heavy (non-hydrogen) atoms. The molecule has 0 radical (unpaired) electrons. The average Bonchev–Trinajstić information content (AvgIpc) is 2.92. The lowest BCUT2D eigenvalue weighted by atomic mass is 10.0. The number of hydrogen-bond donors (Lipinski definition) is 2. The monoisotopic (exact) mass is 309 g/mol. The molecule has 6 nitrogen and oxygen atoms in total. The molecule has 4 amide bonds. The van der Waals surface area contributed by atoms with Gasteiger partial charge >= 0.3 is 6.03 Å². The zero-order valence-electron chi connectivity index (χ0n) is 12.5. The van der Waals surface area contributed by atoms with Crippen molar-refractivity contribution in [2.45, 2.75) is 38.8 Å². The Bertz CT molecular complexity index is 577. The zero-order valence-corrected chi connectivity index (χ0v) is 13.3. The molecule has 1 aromatic rings. The zero-order chi connectivity index (χ0) is 15.8. The number of hydrogen-bond acceptors (Lipinski definition) is 4. The van der Waals surface area contributed by atoms with E-state index in [1.165, 1.54) is 11.3 Å². The molecule has 2 rings (SSSR count). The van der Waals surface area contributed by atoms with Crippen molar-refractivity contribution < 1.29 is 14.4 Å². The normalized spacial score (nSPS) is 22.4. The summed E-state index contributed by atoms with van der Waals surface area (Å²) >= 11 is 1.39. The molecular formula is C14H19N3O3S. The topological polar surface area (TPSA) is 78.5 Å². The number of urea groups is 1.